The summed E-state index contributed by atoms with van der Waals surface area (Å²) < 4.78 is 1.82. The Hall–Kier alpha value is -3.22. The molecule has 0 saturated carbocycles. The number of nitrogens with one attached hydrogen (secondary N) is 1. The Morgan fingerprint density at radius 3 is 2.74 bits per heavy atom. The van der Waals surface area contributed by atoms with Gasteiger partial charge >= 0.3 is 0 Å². The number of carbonyl (C=O) groups is 2. The molecule has 162 valence electrons. The molecular formula is C24H29N5O2. The maximum atomic E-state index is 13.6. The number of likely N-dealkylation sites (tertiary alicyclic amines) is 1. The number of aryl methyl sites for hydroxylation is 1. The summed E-state index contributed by atoms with van der Waals surface area (Å²) in [6.45, 7) is 6.49. The molecule has 2 aromatic heterocycles. The molecule has 0 radical (unpaired) electrons. The molecular weight excluding hydrogens is 390 g/mol. The second kappa shape index (κ2) is 9.29. The maximum absolute atomic E-state index is 13.6. The fourth-order valence-corrected chi connectivity index (χ4v) is 4.15. The monoisotopic (exact) mass is 419 g/mol. The predicted octanol–water partition coefficient (Wildman–Crippen LogP) is 3.50. The zero-order valence-corrected chi connectivity index (χ0v) is 18.2. The molecule has 3 heterocycles. The van der Waals surface area contributed by atoms with E-state index in [9.17, 15) is 9.59 Å². The lowest BCUT2D eigenvalue weighted by atomic mass is 9.96. The Kier molecular flexibility index (Phi) is 6.30. The van der Waals surface area contributed by atoms with Gasteiger partial charge in [-0.2, -0.15) is 5.10 Å². The lowest BCUT2D eigenvalue weighted by Crippen LogP contribution is -2.45. The summed E-state index contributed by atoms with van der Waals surface area (Å²) >= 11 is 0. The first-order chi connectivity index (χ1) is 15.1. The first kappa shape index (κ1) is 21.0. The predicted molar refractivity (Wildman–Crippen MR) is 121 cm³/mol. The van der Waals surface area contributed by atoms with Crippen molar-refractivity contribution >= 4 is 22.8 Å². The normalized spacial score (nSPS) is 16.5. The second-order valence-electron chi connectivity index (χ2n) is 8.00. The zero-order chi connectivity index (χ0) is 21.8. The summed E-state index contributed by atoms with van der Waals surface area (Å²) in [7, 11) is 0. The van der Waals surface area contributed by atoms with Crippen LogP contribution < -0.4 is 5.32 Å². The summed E-state index contributed by atoms with van der Waals surface area (Å²) in [5.41, 5.74) is 3.01. The Bertz CT molecular complexity index is 1080. The average molecular weight is 420 g/mol. The number of pyridine rings is 1. The van der Waals surface area contributed by atoms with Gasteiger partial charge in [0.15, 0.2) is 5.65 Å². The third kappa shape index (κ3) is 4.31. The number of aromatic nitrogens is 3. The van der Waals surface area contributed by atoms with E-state index in [-0.39, 0.29) is 17.7 Å². The van der Waals surface area contributed by atoms with Gasteiger partial charge in [0, 0.05) is 31.7 Å². The second-order valence-corrected chi connectivity index (χ2v) is 8.00. The Labute approximate surface area is 182 Å². The Balaban J connectivity index is 1.68. The molecule has 1 N–H and O–H groups in total. The van der Waals surface area contributed by atoms with E-state index in [1.807, 2.05) is 59.8 Å². The minimum atomic E-state index is -0.159. The van der Waals surface area contributed by atoms with Crippen LogP contribution in [0.4, 0.5) is 0 Å². The number of carbonyl (C=O) groups excluding carboxylic acids is 2. The van der Waals surface area contributed by atoms with Crippen LogP contribution in [0, 0.1) is 5.92 Å². The molecule has 1 saturated heterocycles. The zero-order valence-electron chi connectivity index (χ0n) is 18.2. The number of hydrogen-bond donors (Lipinski definition) is 1. The van der Waals surface area contributed by atoms with Crippen molar-refractivity contribution in [3.8, 4) is 11.3 Å². The van der Waals surface area contributed by atoms with Gasteiger partial charge in [-0.3, -0.25) is 9.59 Å². The van der Waals surface area contributed by atoms with Gasteiger partial charge in [-0.15, -0.1) is 0 Å². The lowest BCUT2D eigenvalue weighted by molar-refractivity contribution is -0.126. The number of hydrogen-bond acceptors (Lipinski definition) is 4. The quantitative estimate of drug-likeness (QED) is 0.663. The van der Waals surface area contributed by atoms with Crippen LogP contribution in [0.3, 0.4) is 0 Å². The molecule has 1 aromatic carbocycles. The molecule has 1 aliphatic heterocycles. The third-order valence-electron chi connectivity index (χ3n) is 5.84. The standard InChI is InChI=1S/C24H29N5O2/c1-3-12-25-23(30)18-11-8-13-28(16-18)24(31)19-14-21(17-9-6-5-7-10-17)27-22-20(19)15-26-29(22)4-2/h5-7,9-10,14-15,18H,3-4,8,11-13,16H2,1-2H3,(H,25,30). The van der Waals surface area contributed by atoms with Crippen molar-refractivity contribution in [1.29, 1.82) is 0 Å². The van der Waals surface area contributed by atoms with Gasteiger partial charge in [0.2, 0.25) is 5.91 Å². The van der Waals surface area contributed by atoms with E-state index in [0.29, 0.717) is 37.4 Å². The molecule has 1 unspecified atom stereocenters. The summed E-state index contributed by atoms with van der Waals surface area (Å²) in [6.07, 6.45) is 4.26. The van der Waals surface area contributed by atoms with Crippen molar-refractivity contribution in [1.82, 2.24) is 25.0 Å². The largest absolute Gasteiger partial charge is 0.356 e. The SMILES string of the molecule is CCCNC(=O)C1CCCN(C(=O)c2cc(-c3ccccc3)nc3c2cnn3CC)C1. The van der Waals surface area contributed by atoms with E-state index in [1.165, 1.54) is 0 Å². The molecule has 3 aromatic rings. The number of piperidine rings is 1. The van der Waals surface area contributed by atoms with Crippen LogP contribution in [-0.4, -0.2) is 51.1 Å². The highest BCUT2D eigenvalue weighted by Gasteiger charge is 2.30. The minimum Gasteiger partial charge on any atom is -0.356 e. The van der Waals surface area contributed by atoms with Gasteiger partial charge in [-0.25, -0.2) is 9.67 Å². The highest BCUT2D eigenvalue weighted by atomic mass is 16.2. The van der Waals surface area contributed by atoms with E-state index in [0.717, 1.165) is 35.9 Å². The van der Waals surface area contributed by atoms with Crippen LogP contribution in [0.25, 0.3) is 22.3 Å². The van der Waals surface area contributed by atoms with Gasteiger partial charge < -0.3 is 10.2 Å². The van der Waals surface area contributed by atoms with Gasteiger partial charge in [-0.1, -0.05) is 37.3 Å². The molecule has 0 bridgehead atoms. The summed E-state index contributed by atoms with van der Waals surface area (Å²) in [4.78, 5) is 32.7. The van der Waals surface area contributed by atoms with E-state index in [4.69, 9.17) is 4.98 Å². The third-order valence-corrected chi connectivity index (χ3v) is 5.84. The van der Waals surface area contributed by atoms with Crippen molar-refractivity contribution < 1.29 is 9.59 Å². The molecule has 1 atom stereocenters. The van der Waals surface area contributed by atoms with Crippen LogP contribution in [0.5, 0.6) is 0 Å². The average Bonchev–Trinajstić information content (AvgIpc) is 3.25. The van der Waals surface area contributed by atoms with Gasteiger partial charge in [-0.05, 0) is 32.3 Å². The fraction of sp³-hybridized carbons (Fsp3) is 0.417. The van der Waals surface area contributed by atoms with Gasteiger partial charge in [0.05, 0.1) is 28.8 Å². The number of benzene rings is 1. The van der Waals surface area contributed by atoms with Crippen LogP contribution in [0.1, 0.15) is 43.5 Å². The van der Waals surface area contributed by atoms with Crippen LogP contribution in [0.2, 0.25) is 0 Å². The van der Waals surface area contributed by atoms with Crippen molar-refractivity contribution in [2.45, 2.75) is 39.7 Å². The molecule has 31 heavy (non-hydrogen) atoms. The van der Waals surface area contributed by atoms with E-state index >= 15 is 0 Å². The van der Waals surface area contributed by atoms with Crippen molar-refractivity contribution in [3.05, 3.63) is 48.2 Å². The topological polar surface area (TPSA) is 80.1 Å². The summed E-state index contributed by atoms with van der Waals surface area (Å²) in [5.74, 6) is -0.176. The van der Waals surface area contributed by atoms with Gasteiger partial charge in [0.1, 0.15) is 0 Å². The molecule has 1 fully saturated rings. The molecule has 0 aliphatic carbocycles. The Morgan fingerprint density at radius 2 is 2.00 bits per heavy atom. The Morgan fingerprint density at radius 1 is 1.19 bits per heavy atom. The molecule has 2 amide bonds. The highest BCUT2D eigenvalue weighted by Crippen LogP contribution is 2.27. The van der Waals surface area contributed by atoms with Gasteiger partial charge in [0.25, 0.3) is 5.91 Å². The number of fused-ring (bicyclic) bond motifs is 1. The number of amides is 2. The number of nitrogens with zero attached hydrogens (tertiary/aromatic N) is 4. The maximum Gasteiger partial charge on any atom is 0.254 e. The number of rotatable bonds is 6. The van der Waals surface area contributed by atoms with Crippen molar-refractivity contribution in [2.24, 2.45) is 5.92 Å². The van der Waals surface area contributed by atoms with E-state index in [1.54, 1.807) is 6.20 Å². The smallest absolute Gasteiger partial charge is 0.254 e. The van der Waals surface area contributed by atoms with Crippen molar-refractivity contribution in [2.75, 3.05) is 19.6 Å². The fourth-order valence-electron chi connectivity index (χ4n) is 4.15. The molecule has 0 spiro atoms. The first-order valence-corrected chi connectivity index (χ1v) is 11.1. The van der Waals surface area contributed by atoms with E-state index in [2.05, 4.69) is 10.4 Å². The molecule has 7 nitrogen and oxygen atoms in total. The highest BCUT2D eigenvalue weighted by molar-refractivity contribution is 6.06. The van der Waals surface area contributed by atoms with Crippen LogP contribution >= 0.6 is 0 Å². The minimum absolute atomic E-state index is 0.0444. The first-order valence-electron chi connectivity index (χ1n) is 11.1. The molecule has 7 heteroatoms. The van der Waals surface area contributed by atoms with Crippen LogP contribution in [-0.2, 0) is 11.3 Å². The van der Waals surface area contributed by atoms with Crippen LogP contribution in [0.15, 0.2) is 42.6 Å². The van der Waals surface area contributed by atoms with E-state index < -0.39 is 0 Å². The summed E-state index contributed by atoms with van der Waals surface area (Å²) in [6, 6.07) is 11.7. The molecule has 1 aliphatic rings. The van der Waals surface area contributed by atoms with Crippen molar-refractivity contribution in [3.63, 3.8) is 0 Å². The summed E-state index contributed by atoms with van der Waals surface area (Å²) in [5, 5.41) is 8.16. The lowest BCUT2D eigenvalue weighted by Gasteiger charge is -2.32. The molecule has 4 rings (SSSR count).